The van der Waals surface area contributed by atoms with Gasteiger partial charge in [-0.15, -0.1) is 11.8 Å². The van der Waals surface area contributed by atoms with Gasteiger partial charge >= 0.3 is 0 Å². The first-order valence-corrected chi connectivity index (χ1v) is 10.5. The van der Waals surface area contributed by atoms with Crippen molar-refractivity contribution in [3.63, 3.8) is 0 Å². The van der Waals surface area contributed by atoms with Crippen LogP contribution in [-0.4, -0.2) is 54.3 Å². The molecule has 1 unspecified atom stereocenters. The molecule has 0 radical (unpaired) electrons. The van der Waals surface area contributed by atoms with Gasteiger partial charge in [-0.05, 0) is 31.2 Å². The highest BCUT2D eigenvalue weighted by Crippen LogP contribution is 2.18. The Kier molecular flexibility index (Phi) is 7.12. The smallest absolute Gasteiger partial charge is 0.233 e. The lowest BCUT2D eigenvalue weighted by atomic mass is 10.2. The maximum Gasteiger partial charge on any atom is 0.233 e. The van der Waals surface area contributed by atoms with Crippen LogP contribution in [0.15, 0.2) is 48.7 Å². The van der Waals surface area contributed by atoms with Crippen molar-refractivity contribution < 1.29 is 4.79 Å². The van der Waals surface area contributed by atoms with Crippen molar-refractivity contribution in [2.24, 2.45) is 0 Å². The lowest BCUT2D eigenvalue weighted by Gasteiger charge is -2.33. The number of rotatable bonds is 7. The SMILES string of the molecule is CC(SCc1ccccc1)C(=O)NCc1ccc(N2CCN(C)CC2)nc1. The zero-order chi connectivity index (χ0) is 19.1. The van der Waals surface area contributed by atoms with Crippen molar-refractivity contribution in [3.8, 4) is 0 Å². The molecule has 27 heavy (non-hydrogen) atoms. The van der Waals surface area contributed by atoms with Crippen LogP contribution in [0.3, 0.4) is 0 Å². The Hall–Kier alpha value is -2.05. The third-order valence-corrected chi connectivity index (χ3v) is 6.03. The number of likely N-dealkylation sites (N-methyl/N-ethyl adjacent to an activating group) is 1. The minimum atomic E-state index is -0.0808. The van der Waals surface area contributed by atoms with E-state index in [1.165, 1.54) is 5.56 Å². The number of amides is 1. The summed E-state index contributed by atoms with van der Waals surface area (Å²) in [6.07, 6.45) is 1.87. The molecule has 0 saturated carbocycles. The minimum absolute atomic E-state index is 0.0686. The van der Waals surface area contributed by atoms with Crippen LogP contribution in [-0.2, 0) is 17.1 Å². The van der Waals surface area contributed by atoms with Gasteiger partial charge in [0.05, 0.1) is 5.25 Å². The second-order valence-electron chi connectivity index (χ2n) is 6.97. The fourth-order valence-corrected chi connectivity index (χ4v) is 3.82. The van der Waals surface area contributed by atoms with Gasteiger partial charge in [0.15, 0.2) is 0 Å². The summed E-state index contributed by atoms with van der Waals surface area (Å²) >= 11 is 1.66. The number of aromatic nitrogens is 1. The molecule has 3 rings (SSSR count). The molecule has 1 atom stereocenters. The number of hydrogen-bond donors (Lipinski definition) is 1. The quantitative estimate of drug-likeness (QED) is 0.795. The molecule has 1 aliphatic heterocycles. The molecule has 1 aromatic carbocycles. The van der Waals surface area contributed by atoms with Gasteiger partial charge in [-0.25, -0.2) is 4.98 Å². The number of nitrogens with one attached hydrogen (secondary N) is 1. The summed E-state index contributed by atoms with van der Waals surface area (Å²) in [6, 6.07) is 14.4. The zero-order valence-electron chi connectivity index (χ0n) is 16.1. The Morgan fingerprint density at radius 1 is 1.11 bits per heavy atom. The Labute approximate surface area is 166 Å². The second-order valence-corrected chi connectivity index (χ2v) is 8.30. The highest BCUT2D eigenvalue weighted by atomic mass is 32.2. The van der Waals surface area contributed by atoms with Gasteiger partial charge in [0.1, 0.15) is 5.82 Å². The van der Waals surface area contributed by atoms with Crippen LogP contribution in [0.25, 0.3) is 0 Å². The fraction of sp³-hybridized carbons (Fsp3) is 0.429. The summed E-state index contributed by atoms with van der Waals surface area (Å²) < 4.78 is 0. The Morgan fingerprint density at radius 3 is 2.52 bits per heavy atom. The van der Waals surface area contributed by atoms with Gasteiger partial charge < -0.3 is 15.1 Å². The van der Waals surface area contributed by atoms with Crippen molar-refractivity contribution in [3.05, 3.63) is 59.8 Å². The van der Waals surface area contributed by atoms with E-state index in [4.69, 9.17) is 0 Å². The molecule has 2 heterocycles. The van der Waals surface area contributed by atoms with Gasteiger partial charge in [0.2, 0.25) is 5.91 Å². The third-order valence-electron chi connectivity index (χ3n) is 4.82. The number of benzene rings is 1. The molecule has 6 heteroatoms. The van der Waals surface area contributed by atoms with E-state index < -0.39 is 0 Å². The van der Waals surface area contributed by atoms with Crippen LogP contribution in [0.1, 0.15) is 18.1 Å². The molecular weight excluding hydrogens is 356 g/mol. The van der Waals surface area contributed by atoms with E-state index in [9.17, 15) is 4.79 Å². The number of piperazine rings is 1. The molecule has 144 valence electrons. The molecule has 1 fully saturated rings. The van der Waals surface area contributed by atoms with Crippen LogP contribution in [0, 0.1) is 0 Å². The van der Waals surface area contributed by atoms with E-state index in [2.05, 4.69) is 51.4 Å². The van der Waals surface area contributed by atoms with E-state index in [1.54, 1.807) is 11.8 Å². The highest BCUT2D eigenvalue weighted by molar-refractivity contribution is 7.99. The highest BCUT2D eigenvalue weighted by Gasteiger charge is 2.16. The van der Waals surface area contributed by atoms with Crippen molar-refractivity contribution in [2.45, 2.75) is 24.5 Å². The van der Waals surface area contributed by atoms with Crippen LogP contribution >= 0.6 is 11.8 Å². The first kappa shape index (κ1) is 19.7. The molecule has 0 aliphatic carbocycles. The number of carbonyl (C=O) groups excluding carboxylic acids is 1. The molecule has 0 spiro atoms. The molecule has 5 nitrogen and oxygen atoms in total. The normalized spacial score (nSPS) is 16.1. The first-order chi connectivity index (χ1) is 13.1. The summed E-state index contributed by atoms with van der Waals surface area (Å²) in [5, 5.41) is 2.94. The van der Waals surface area contributed by atoms with Crippen LogP contribution < -0.4 is 10.2 Å². The number of thioether (sulfide) groups is 1. The lowest BCUT2D eigenvalue weighted by molar-refractivity contribution is -0.120. The van der Waals surface area contributed by atoms with E-state index in [0.717, 1.165) is 43.3 Å². The Balaban J connectivity index is 1.43. The van der Waals surface area contributed by atoms with Crippen molar-refractivity contribution in [1.82, 2.24) is 15.2 Å². The topological polar surface area (TPSA) is 48.5 Å². The number of anilines is 1. The zero-order valence-corrected chi connectivity index (χ0v) is 16.9. The summed E-state index contributed by atoms with van der Waals surface area (Å²) in [4.78, 5) is 21.5. The van der Waals surface area contributed by atoms with E-state index in [1.807, 2.05) is 31.3 Å². The first-order valence-electron chi connectivity index (χ1n) is 9.43. The number of nitrogens with zero attached hydrogens (tertiary/aromatic N) is 3. The molecule has 1 aliphatic rings. The van der Waals surface area contributed by atoms with Gasteiger partial charge in [-0.1, -0.05) is 36.4 Å². The number of pyridine rings is 1. The lowest BCUT2D eigenvalue weighted by Crippen LogP contribution is -2.44. The molecule has 0 bridgehead atoms. The Bertz CT molecular complexity index is 715. The Morgan fingerprint density at radius 2 is 1.85 bits per heavy atom. The molecule has 1 amide bonds. The van der Waals surface area contributed by atoms with Gasteiger partial charge in [0.25, 0.3) is 0 Å². The monoisotopic (exact) mass is 384 g/mol. The molecular formula is C21H28N4OS. The predicted molar refractivity (Wildman–Crippen MR) is 113 cm³/mol. The molecule has 1 N–H and O–H groups in total. The fourth-order valence-electron chi connectivity index (χ4n) is 2.95. The number of carbonyl (C=O) groups is 1. The summed E-state index contributed by atoms with van der Waals surface area (Å²) in [5.41, 5.74) is 2.27. The average Bonchev–Trinajstić information content (AvgIpc) is 2.72. The van der Waals surface area contributed by atoms with Gasteiger partial charge in [-0.3, -0.25) is 4.79 Å². The summed E-state index contributed by atoms with van der Waals surface area (Å²) in [7, 11) is 2.15. The third kappa shape index (κ3) is 5.97. The molecule has 2 aromatic rings. The van der Waals surface area contributed by atoms with E-state index >= 15 is 0 Å². The summed E-state index contributed by atoms with van der Waals surface area (Å²) in [6.45, 7) is 6.63. The molecule has 1 aromatic heterocycles. The van der Waals surface area contributed by atoms with Crippen molar-refractivity contribution in [1.29, 1.82) is 0 Å². The average molecular weight is 385 g/mol. The van der Waals surface area contributed by atoms with Crippen LogP contribution in [0.5, 0.6) is 0 Å². The minimum Gasteiger partial charge on any atom is -0.354 e. The van der Waals surface area contributed by atoms with E-state index in [-0.39, 0.29) is 11.2 Å². The van der Waals surface area contributed by atoms with Crippen molar-refractivity contribution in [2.75, 3.05) is 38.1 Å². The maximum absolute atomic E-state index is 12.3. The van der Waals surface area contributed by atoms with Gasteiger partial charge in [-0.2, -0.15) is 0 Å². The number of hydrogen-bond acceptors (Lipinski definition) is 5. The standard InChI is InChI=1S/C21H28N4OS/c1-17(27-16-18-6-4-3-5-7-18)21(26)23-15-19-8-9-20(22-14-19)25-12-10-24(2)11-13-25/h3-9,14,17H,10-13,15-16H2,1-2H3,(H,23,26). The van der Waals surface area contributed by atoms with Gasteiger partial charge in [0, 0.05) is 44.7 Å². The predicted octanol–water partition coefficient (Wildman–Crippen LogP) is 2.77. The maximum atomic E-state index is 12.3. The summed E-state index contributed by atoms with van der Waals surface area (Å²) in [5.74, 6) is 1.93. The van der Waals surface area contributed by atoms with Crippen molar-refractivity contribution >= 4 is 23.5 Å². The molecule has 1 saturated heterocycles. The van der Waals surface area contributed by atoms with Crippen LogP contribution in [0.2, 0.25) is 0 Å². The second kappa shape index (κ2) is 9.76. The van der Waals surface area contributed by atoms with Crippen LogP contribution in [0.4, 0.5) is 5.82 Å². The largest absolute Gasteiger partial charge is 0.354 e. The van der Waals surface area contributed by atoms with E-state index in [0.29, 0.717) is 6.54 Å².